The van der Waals surface area contributed by atoms with Crippen LogP contribution < -0.4 is 10.9 Å². The van der Waals surface area contributed by atoms with E-state index in [-0.39, 0.29) is 48.4 Å². The maximum atomic E-state index is 13.2. The van der Waals surface area contributed by atoms with Gasteiger partial charge in [0.05, 0.1) is 12.0 Å². The minimum Gasteiger partial charge on any atom is -0.396 e. The van der Waals surface area contributed by atoms with Crippen LogP contribution in [0.4, 0.5) is 4.39 Å². The van der Waals surface area contributed by atoms with Gasteiger partial charge in [0.1, 0.15) is 5.82 Å². The minimum atomic E-state index is -0.480. The predicted molar refractivity (Wildman–Crippen MR) is 112 cm³/mol. The number of likely N-dealkylation sites (N-methyl/N-ethyl adjacent to an activating group) is 1. The Hall–Kier alpha value is -2.77. The molecule has 1 fully saturated rings. The van der Waals surface area contributed by atoms with Crippen molar-refractivity contribution >= 4 is 12.0 Å². The molecule has 1 saturated heterocycles. The molecule has 1 aromatic carbocycles. The summed E-state index contributed by atoms with van der Waals surface area (Å²) in [5.41, 5.74) is 2.14. The molecule has 0 unspecified atom stereocenters. The molecular formula is C23H26FN3O3. The lowest BCUT2D eigenvalue weighted by Gasteiger charge is -2.35. The normalized spacial score (nSPS) is 25.5. The van der Waals surface area contributed by atoms with Crippen LogP contribution in [0.3, 0.4) is 0 Å². The van der Waals surface area contributed by atoms with Gasteiger partial charge < -0.3 is 15.0 Å². The van der Waals surface area contributed by atoms with E-state index >= 15 is 0 Å². The van der Waals surface area contributed by atoms with Crippen molar-refractivity contribution in [2.75, 3.05) is 13.7 Å². The van der Waals surface area contributed by atoms with Crippen molar-refractivity contribution in [2.45, 2.75) is 32.1 Å². The molecule has 2 aromatic rings. The van der Waals surface area contributed by atoms with Crippen molar-refractivity contribution in [1.29, 1.82) is 0 Å². The summed E-state index contributed by atoms with van der Waals surface area (Å²) in [6, 6.07) is 9.30. The fourth-order valence-electron chi connectivity index (χ4n) is 4.92. The largest absolute Gasteiger partial charge is 0.396 e. The van der Waals surface area contributed by atoms with Crippen LogP contribution in [0.2, 0.25) is 0 Å². The number of carbonyl (C=O) groups excluding carboxylic acids is 1. The van der Waals surface area contributed by atoms with Gasteiger partial charge in [-0.1, -0.05) is 24.3 Å². The van der Waals surface area contributed by atoms with Crippen LogP contribution in [0.1, 0.15) is 29.8 Å². The van der Waals surface area contributed by atoms with Crippen molar-refractivity contribution < 1.29 is 14.3 Å². The third kappa shape index (κ3) is 3.38. The zero-order valence-electron chi connectivity index (χ0n) is 17.1. The molecule has 0 radical (unpaired) electrons. The van der Waals surface area contributed by atoms with E-state index < -0.39 is 5.92 Å². The lowest BCUT2D eigenvalue weighted by Crippen LogP contribution is -2.44. The molecule has 1 aromatic heterocycles. The van der Waals surface area contributed by atoms with Gasteiger partial charge in [-0.2, -0.15) is 0 Å². The third-order valence-electron chi connectivity index (χ3n) is 6.41. The van der Waals surface area contributed by atoms with Gasteiger partial charge >= 0.3 is 0 Å². The Balaban J connectivity index is 1.64. The number of aliphatic hydroxyl groups is 1. The second kappa shape index (κ2) is 8.16. The smallest absolute Gasteiger partial charge is 0.258 e. The van der Waals surface area contributed by atoms with Crippen LogP contribution in [0.15, 0.2) is 47.3 Å². The average molecular weight is 411 g/mol. The Bertz CT molecular complexity index is 1030. The number of carbonyl (C=O) groups is 1. The summed E-state index contributed by atoms with van der Waals surface area (Å²) in [6.07, 6.45) is 3.61. The maximum absolute atomic E-state index is 13.2. The van der Waals surface area contributed by atoms with Gasteiger partial charge in [0.2, 0.25) is 5.91 Å². The zero-order valence-corrected chi connectivity index (χ0v) is 17.1. The van der Waals surface area contributed by atoms with Crippen LogP contribution in [-0.2, 0) is 17.9 Å². The molecule has 4 rings (SSSR count). The summed E-state index contributed by atoms with van der Waals surface area (Å²) >= 11 is 0. The molecule has 2 bridgehead atoms. The molecule has 2 aliphatic heterocycles. The first-order valence-electron chi connectivity index (χ1n) is 10.2. The molecular weight excluding hydrogens is 385 g/mol. The van der Waals surface area contributed by atoms with E-state index in [1.54, 1.807) is 28.8 Å². The Morgan fingerprint density at radius 3 is 2.67 bits per heavy atom. The molecule has 1 amide bonds. The average Bonchev–Trinajstić information content (AvgIpc) is 2.92. The van der Waals surface area contributed by atoms with E-state index in [0.717, 1.165) is 11.3 Å². The molecule has 2 aliphatic rings. The maximum Gasteiger partial charge on any atom is 0.258 e. The van der Waals surface area contributed by atoms with Crippen molar-refractivity contribution in [3.63, 3.8) is 0 Å². The lowest BCUT2D eigenvalue weighted by atomic mass is 9.86. The van der Waals surface area contributed by atoms with E-state index in [0.29, 0.717) is 12.1 Å². The first-order chi connectivity index (χ1) is 14.5. The Labute approximate surface area is 174 Å². The molecule has 0 spiro atoms. The number of rotatable bonds is 5. The number of aromatic nitrogens is 1. The van der Waals surface area contributed by atoms with E-state index in [2.05, 4.69) is 10.2 Å². The molecule has 4 atom stereocenters. The highest BCUT2D eigenvalue weighted by molar-refractivity contribution is 5.80. The highest BCUT2D eigenvalue weighted by Crippen LogP contribution is 2.47. The summed E-state index contributed by atoms with van der Waals surface area (Å²) in [4.78, 5) is 28.2. The highest BCUT2D eigenvalue weighted by Gasteiger charge is 2.54. The Morgan fingerprint density at radius 1 is 1.27 bits per heavy atom. The van der Waals surface area contributed by atoms with Gasteiger partial charge in [-0.3, -0.25) is 14.5 Å². The number of aliphatic hydroxyl groups excluding tert-OH is 1. The van der Waals surface area contributed by atoms with Crippen LogP contribution in [0.25, 0.3) is 6.08 Å². The number of nitrogens with zero attached hydrogens (tertiary/aromatic N) is 2. The monoisotopic (exact) mass is 411 g/mol. The van der Waals surface area contributed by atoms with Gasteiger partial charge in [-0.05, 0) is 43.8 Å². The molecule has 6 nitrogen and oxygen atoms in total. The first kappa shape index (κ1) is 20.5. The number of hydrogen-bond acceptors (Lipinski definition) is 4. The Morgan fingerprint density at radius 2 is 2.00 bits per heavy atom. The fraction of sp³-hybridized carbons (Fsp3) is 0.391. The van der Waals surface area contributed by atoms with E-state index in [1.165, 1.54) is 12.1 Å². The number of fused-ring (bicyclic) bond motifs is 4. The number of amides is 1. The number of benzene rings is 1. The minimum absolute atomic E-state index is 0.0715. The number of halogens is 1. The summed E-state index contributed by atoms with van der Waals surface area (Å²) in [5.74, 6) is -1.25. The van der Waals surface area contributed by atoms with Crippen molar-refractivity contribution in [2.24, 2.45) is 11.8 Å². The van der Waals surface area contributed by atoms with Crippen LogP contribution in [-0.4, -0.2) is 40.2 Å². The van der Waals surface area contributed by atoms with Crippen LogP contribution >= 0.6 is 0 Å². The molecule has 2 N–H and O–H groups in total. The fourth-order valence-corrected chi connectivity index (χ4v) is 4.92. The standard InChI is InChI=1S/C23H26FN3O3/c1-3-4-15-7-10-18-21-20(22(29)25-11-14-5-8-16(24)9-6-14)17(13-28)19(26(21)2)12-27(18)23(15)30/h3-10,17,19-21,28H,11-13H2,1-2H3,(H,25,29)/b4-3+/t17-,19-,20+,21+/m0/s1. The number of hydrogen-bond donors (Lipinski definition) is 2. The predicted octanol–water partition coefficient (Wildman–Crippen LogP) is 1.93. The molecule has 30 heavy (non-hydrogen) atoms. The number of pyridine rings is 1. The lowest BCUT2D eigenvalue weighted by molar-refractivity contribution is -0.127. The summed E-state index contributed by atoms with van der Waals surface area (Å²) in [5, 5.41) is 13.0. The summed E-state index contributed by atoms with van der Waals surface area (Å²) in [6.45, 7) is 2.45. The van der Waals surface area contributed by atoms with Crippen LogP contribution in [0.5, 0.6) is 0 Å². The number of allylic oxidation sites excluding steroid dienone is 1. The van der Waals surface area contributed by atoms with Crippen LogP contribution in [0, 0.1) is 17.7 Å². The van der Waals surface area contributed by atoms with Gasteiger partial charge in [0.15, 0.2) is 0 Å². The van der Waals surface area contributed by atoms with Crippen molar-refractivity contribution in [3.05, 3.63) is 75.5 Å². The van der Waals surface area contributed by atoms with Gasteiger partial charge in [0, 0.05) is 42.9 Å². The zero-order chi connectivity index (χ0) is 21.4. The highest BCUT2D eigenvalue weighted by atomic mass is 19.1. The number of nitrogens with one attached hydrogen (secondary N) is 1. The van der Waals surface area contributed by atoms with E-state index in [4.69, 9.17) is 0 Å². The molecule has 7 heteroatoms. The Kier molecular flexibility index (Phi) is 5.58. The molecule has 3 heterocycles. The summed E-state index contributed by atoms with van der Waals surface area (Å²) < 4.78 is 14.9. The second-order valence-electron chi connectivity index (χ2n) is 8.02. The van der Waals surface area contributed by atoms with Gasteiger partial charge in [0.25, 0.3) is 5.56 Å². The van der Waals surface area contributed by atoms with Crippen molar-refractivity contribution in [1.82, 2.24) is 14.8 Å². The molecule has 158 valence electrons. The topological polar surface area (TPSA) is 74.6 Å². The van der Waals surface area contributed by atoms with E-state index in [9.17, 15) is 19.1 Å². The SMILES string of the molecule is C/C=C/c1ccc2n(c1=O)C[C@H]1[C@H](CO)[C@@H](C(=O)NCc3ccc(F)cc3)[C@@H]2N1C. The quantitative estimate of drug-likeness (QED) is 0.789. The summed E-state index contributed by atoms with van der Waals surface area (Å²) in [7, 11) is 1.94. The second-order valence-corrected chi connectivity index (χ2v) is 8.02. The van der Waals surface area contributed by atoms with Gasteiger partial charge in [-0.25, -0.2) is 4.39 Å². The van der Waals surface area contributed by atoms with E-state index in [1.807, 2.05) is 26.1 Å². The van der Waals surface area contributed by atoms with Gasteiger partial charge in [-0.15, -0.1) is 0 Å². The molecule has 0 saturated carbocycles. The molecule has 0 aliphatic carbocycles. The van der Waals surface area contributed by atoms with Crippen molar-refractivity contribution in [3.8, 4) is 0 Å². The third-order valence-corrected chi connectivity index (χ3v) is 6.41. The first-order valence-corrected chi connectivity index (χ1v) is 10.2.